The third kappa shape index (κ3) is 2.48. The van der Waals surface area contributed by atoms with E-state index >= 15 is 0 Å². The standard InChI is InChI=1S/C12H14N4O2/c1-8-5-3-4-6-9(8)11(17)16(2)7-10-13-12(18)15-14-10/h3-6H,7H2,1-2H3,(H2,13,14,15,18). The molecule has 6 nitrogen and oxygen atoms in total. The van der Waals surface area contributed by atoms with E-state index in [1.165, 1.54) is 4.90 Å². The largest absolute Gasteiger partial charge is 0.340 e. The summed E-state index contributed by atoms with van der Waals surface area (Å²) in [6.07, 6.45) is 0. The van der Waals surface area contributed by atoms with Crippen molar-refractivity contribution in [2.24, 2.45) is 0 Å². The first kappa shape index (κ1) is 12.1. The number of carbonyl (C=O) groups is 1. The first-order valence-electron chi connectivity index (χ1n) is 5.52. The molecule has 94 valence electrons. The third-order valence-electron chi connectivity index (χ3n) is 2.66. The minimum absolute atomic E-state index is 0.100. The van der Waals surface area contributed by atoms with Gasteiger partial charge in [-0.05, 0) is 18.6 Å². The minimum Gasteiger partial charge on any atom is -0.334 e. The predicted molar refractivity (Wildman–Crippen MR) is 66.2 cm³/mol. The van der Waals surface area contributed by atoms with Gasteiger partial charge >= 0.3 is 5.69 Å². The van der Waals surface area contributed by atoms with Crippen LogP contribution in [-0.4, -0.2) is 33.0 Å². The fourth-order valence-electron chi connectivity index (χ4n) is 1.70. The number of hydrogen-bond acceptors (Lipinski definition) is 3. The van der Waals surface area contributed by atoms with Gasteiger partial charge in [-0.2, -0.15) is 5.10 Å². The van der Waals surface area contributed by atoms with Crippen molar-refractivity contribution >= 4 is 5.91 Å². The highest BCUT2D eigenvalue weighted by Gasteiger charge is 2.14. The lowest BCUT2D eigenvalue weighted by Crippen LogP contribution is -2.27. The van der Waals surface area contributed by atoms with E-state index in [1.54, 1.807) is 13.1 Å². The van der Waals surface area contributed by atoms with Crippen molar-refractivity contribution in [2.45, 2.75) is 13.5 Å². The van der Waals surface area contributed by atoms with Crippen LogP contribution in [0.5, 0.6) is 0 Å². The number of amides is 1. The zero-order valence-electron chi connectivity index (χ0n) is 10.2. The lowest BCUT2D eigenvalue weighted by atomic mass is 10.1. The van der Waals surface area contributed by atoms with Crippen LogP contribution < -0.4 is 5.69 Å². The van der Waals surface area contributed by atoms with Gasteiger partial charge in [0.15, 0.2) is 5.82 Å². The molecule has 0 aliphatic carbocycles. The molecule has 0 saturated heterocycles. The van der Waals surface area contributed by atoms with Gasteiger partial charge in [0.05, 0.1) is 6.54 Å². The Balaban J connectivity index is 2.14. The average molecular weight is 246 g/mol. The van der Waals surface area contributed by atoms with Crippen LogP contribution in [0.3, 0.4) is 0 Å². The Labute approximate surface area is 104 Å². The highest BCUT2D eigenvalue weighted by Crippen LogP contribution is 2.10. The number of nitrogens with zero attached hydrogens (tertiary/aromatic N) is 2. The molecule has 1 aromatic heterocycles. The van der Waals surface area contributed by atoms with Gasteiger partial charge in [0.2, 0.25) is 0 Å². The number of aromatic amines is 2. The Morgan fingerprint density at radius 3 is 2.72 bits per heavy atom. The van der Waals surface area contributed by atoms with Crippen LogP contribution >= 0.6 is 0 Å². The van der Waals surface area contributed by atoms with E-state index in [0.717, 1.165) is 5.56 Å². The lowest BCUT2D eigenvalue weighted by Gasteiger charge is -2.16. The molecule has 2 rings (SSSR count). The normalized spacial score (nSPS) is 10.3. The molecule has 2 N–H and O–H groups in total. The summed E-state index contributed by atoms with van der Waals surface area (Å²) in [5, 5.41) is 6.03. The van der Waals surface area contributed by atoms with E-state index < -0.39 is 0 Å². The molecular formula is C12H14N4O2. The van der Waals surface area contributed by atoms with E-state index in [2.05, 4.69) is 15.2 Å². The van der Waals surface area contributed by atoms with Crippen LogP contribution in [0.1, 0.15) is 21.7 Å². The molecule has 6 heteroatoms. The quantitative estimate of drug-likeness (QED) is 0.835. The predicted octanol–water partition coefficient (Wildman–Crippen LogP) is 0.679. The molecule has 1 heterocycles. The fourth-order valence-corrected chi connectivity index (χ4v) is 1.70. The van der Waals surface area contributed by atoms with Crippen LogP contribution in [0.2, 0.25) is 0 Å². The van der Waals surface area contributed by atoms with Gasteiger partial charge in [0, 0.05) is 12.6 Å². The van der Waals surface area contributed by atoms with Gasteiger partial charge < -0.3 is 4.90 Å². The smallest absolute Gasteiger partial charge is 0.334 e. The van der Waals surface area contributed by atoms with Crippen molar-refractivity contribution < 1.29 is 4.79 Å². The number of rotatable bonds is 3. The zero-order chi connectivity index (χ0) is 13.1. The molecule has 0 aliphatic rings. The molecule has 0 atom stereocenters. The summed E-state index contributed by atoms with van der Waals surface area (Å²) in [4.78, 5) is 27.1. The maximum absolute atomic E-state index is 12.2. The Kier molecular flexibility index (Phi) is 3.27. The second-order valence-electron chi connectivity index (χ2n) is 4.10. The van der Waals surface area contributed by atoms with Crippen LogP contribution in [0.25, 0.3) is 0 Å². The Hall–Kier alpha value is -2.37. The van der Waals surface area contributed by atoms with Gasteiger partial charge in [-0.25, -0.2) is 9.89 Å². The number of aromatic nitrogens is 3. The lowest BCUT2D eigenvalue weighted by molar-refractivity contribution is 0.0781. The topological polar surface area (TPSA) is 81.8 Å². The van der Waals surface area contributed by atoms with Crippen molar-refractivity contribution in [1.82, 2.24) is 20.1 Å². The molecule has 0 fully saturated rings. The average Bonchev–Trinajstić information content (AvgIpc) is 2.74. The number of nitrogens with one attached hydrogen (secondary N) is 2. The summed E-state index contributed by atoms with van der Waals surface area (Å²) in [5.74, 6) is 0.335. The molecule has 0 aliphatic heterocycles. The maximum Gasteiger partial charge on any atom is 0.340 e. The second kappa shape index (κ2) is 4.87. The molecule has 0 radical (unpaired) electrons. The molecular weight excluding hydrogens is 232 g/mol. The van der Waals surface area contributed by atoms with Gasteiger partial charge in [0.25, 0.3) is 5.91 Å². The number of benzene rings is 1. The van der Waals surface area contributed by atoms with Crippen molar-refractivity contribution in [3.63, 3.8) is 0 Å². The Morgan fingerprint density at radius 2 is 2.11 bits per heavy atom. The van der Waals surface area contributed by atoms with Crippen LogP contribution in [0.15, 0.2) is 29.1 Å². The number of aryl methyl sites for hydroxylation is 1. The molecule has 0 spiro atoms. The summed E-state index contributed by atoms with van der Waals surface area (Å²) < 4.78 is 0. The summed E-state index contributed by atoms with van der Waals surface area (Å²) in [6.45, 7) is 2.14. The van der Waals surface area contributed by atoms with Gasteiger partial charge in [0.1, 0.15) is 0 Å². The first-order chi connectivity index (χ1) is 8.58. The van der Waals surface area contributed by atoms with Crippen molar-refractivity contribution in [2.75, 3.05) is 7.05 Å². The van der Waals surface area contributed by atoms with E-state index in [4.69, 9.17) is 0 Å². The van der Waals surface area contributed by atoms with Gasteiger partial charge in [-0.15, -0.1) is 0 Å². The van der Waals surface area contributed by atoms with E-state index in [9.17, 15) is 9.59 Å². The van der Waals surface area contributed by atoms with E-state index in [1.807, 2.05) is 25.1 Å². The monoisotopic (exact) mass is 246 g/mol. The molecule has 1 aromatic carbocycles. The Morgan fingerprint density at radius 1 is 1.39 bits per heavy atom. The molecule has 18 heavy (non-hydrogen) atoms. The number of carbonyl (C=O) groups excluding carboxylic acids is 1. The fraction of sp³-hybridized carbons (Fsp3) is 0.250. The number of hydrogen-bond donors (Lipinski definition) is 2. The molecule has 0 saturated carbocycles. The highest BCUT2D eigenvalue weighted by molar-refractivity contribution is 5.95. The van der Waals surface area contributed by atoms with Crippen LogP contribution in [0.4, 0.5) is 0 Å². The molecule has 0 bridgehead atoms. The first-order valence-corrected chi connectivity index (χ1v) is 5.52. The maximum atomic E-state index is 12.2. The highest BCUT2D eigenvalue weighted by atomic mass is 16.2. The van der Waals surface area contributed by atoms with E-state index in [0.29, 0.717) is 11.4 Å². The second-order valence-corrected chi connectivity index (χ2v) is 4.10. The van der Waals surface area contributed by atoms with Crippen molar-refractivity contribution in [3.8, 4) is 0 Å². The number of H-pyrrole nitrogens is 2. The van der Waals surface area contributed by atoms with Crippen LogP contribution in [0, 0.1) is 6.92 Å². The van der Waals surface area contributed by atoms with Crippen molar-refractivity contribution in [1.29, 1.82) is 0 Å². The molecule has 0 unspecified atom stereocenters. The zero-order valence-corrected chi connectivity index (χ0v) is 10.2. The summed E-state index contributed by atoms with van der Waals surface area (Å²) in [7, 11) is 1.67. The van der Waals surface area contributed by atoms with E-state index in [-0.39, 0.29) is 18.1 Å². The minimum atomic E-state index is -0.373. The Bertz CT molecular complexity index is 614. The summed E-state index contributed by atoms with van der Waals surface area (Å²) >= 11 is 0. The molecule has 1 amide bonds. The summed E-state index contributed by atoms with van der Waals surface area (Å²) in [6, 6.07) is 7.38. The third-order valence-corrected chi connectivity index (χ3v) is 2.66. The van der Waals surface area contributed by atoms with Crippen LogP contribution in [-0.2, 0) is 6.54 Å². The SMILES string of the molecule is Cc1ccccc1C(=O)N(C)Cc1n[nH]c(=O)[nH]1. The van der Waals surface area contributed by atoms with Crippen molar-refractivity contribution in [3.05, 3.63) is 51.7 Å². The molecule has 2 aromatic rings. The van der Waals surface area contributed by atoms with Gasteiger partial charge in [-0.1, -0.05) is 18.2 Å². The van der Waals surface area contributed by atoms with Gasteiger partial charge in [-0.3, -0.25) is 9.78 Å². The summed E-state index contributed by atoms with van der Waals surface area (Å²) in [5.41, 5.74) is 1.20.